The molecule has 82 valence electrons. The first-order valence-corrected chi connectivity index (χ1v) is 5.89. The van der Waals surface area contributed by atoms with E-state index >= 15 is 0 Å². The minimum atomic E-state index is 0.278. The molecule has 0 aliphatic carbocycles. The number of hydrogen-bond acceptors (Lipinski definition) is 1. The van der Waals surface area contributed by atoms with Crippen molar-refractivity contribution in [2.45, 2.75) is 52.9 Å². The lowest BCUT2D eigenvalue weighted by Crippen LogP contribution is -2.25. The van der Waals surface area contributed by atoms with Crippen molar-refractivity contribution in [3.05, 3.63) is 0 Å². The molecule has 14 heavy (non-hydrogen) atoms. The van der Waals surface area contributed by atoms with Gasteiger partial charge in [0.15, 0.2) is 0 Å². The van der Waals surface area contributed by atoms with Crippen LogP contribution in [-0.4, -0.2) is 12.5 Å². The lowest BCUT2D eigenvalue weighted by molar-refractivity contribution is -0.123. The molecule has 0 saturated carbocycles. The molecular formula is C12H23NO. The summed E-state index contributed by atoms with van der Waals surface area (Å²) in [4.78, 5) is 11.5. The highest BCUT2D eigenvalue weighted by Gasteiger charge is 2.32. The van der Waals surface area contributed by atoms with E-state index in [0.717, 1.165) is 19.4 Å². The van der Waals surface area contributed by atoms with Gasteiger partial charge in [0.2, 0.25) is 5.91 Å². The molecule has 2 atom stereocenters. The van der Waals surface area contributed by atoms with Crippen molar-refractivity contribution >= 4 is 5.91 Å². The highest BCUT2D eigenvalue weighted by atomic mass is 16.2. The van der Waals surface area contributed by atoms with Crippen molar-refractivity contribution in [3.63, 3.8) is 0 Å². The quantitative estimate of drug-likeness (QED) is 0.721. The Morgan fingerprint density at radius 2 is 2.21 bits per heavy atom. The monoisotopic (exact) mass is 197 g/mol. The molecule has 0 bridgehead atoms. The predicted octanol–water partition coefficient (Wildman–Crippen LogP) is 2.73. The topological polar surface area (TPSA) is 29.1 Å². The number of carbonyl (C=O) groups is 1. The lowest BCUT2D eigenvalue weighted by atomic mass is 9.75. The van der Waals surface area contributed by atoms with Crippen LogP contribution in [0.25, 0.3) is 0 Å². The maximum Gasteiger partial charge on any atom is 0.223 e. The number of hydrogen-bond donors (Lipinski definition) is 1. The summed E-state index contributed by atoms with van der Waals surface area (Å²) < 4.78 is 0. The van der Waals surface area contributed by atoms with Crippen LogP contribution in [0.5, 0.6) is 0 Å². The number of nitrogens with one attached hydrogen (secondary N) is 1. The summed E-state index contributed by atoms with van der Waals surface area (Å²) in [5.41, 5.74) is 0.376. The van der Waals surface area contributed by atoms with Crippen LogP contribution in [0.15, 0.2) is 0 Å². The van der Waals surface area contributed by atoms with Crippen molar-refractivity contribution in [1.82, 2.24) is 5.32 Å². The molecular weight excluding hydrogens is 174 g/mol. The van der Waals surface area contributed by atoms with Crippen molar-refractivity contribution in [3.8, 4) is 0 Å². The fourth-order valence-electron chi connectivity index (χ4n) is 2.46. The van der Waals surface area contributed by atoms with Gasteiger partial charge in [-0.05, 0) is 24.7 Å². The van der Waals surface area contributed by atoms with Crippen LogP contribution in [0.2, 0.25) is 0 Å². The standard InChI is InChI=1S/C12H23NO/c1-4-7-12(3,5-2)9-10-6-8-13-11(10)14/h10H,4-9H2,1-3H3,(H,13,14). The molecule has 0 spiro atoms. The fraction of sp³-hybridized carbons (Fsp3) is 0.917. The zero-order valence-electron chi connectivity index (χ0n) is 9.73. The summed E-state index contributed by atoms with van der Waals surface area (Å²) in [6.45, 7) is 7.67. The van der Waals surface area contributed by atoms with Gasteiger partial charge in [-0.15, -0.1) is 0 Å². The average Bonchev–Trinajstić information content (AvgIpc) is 2.52. The second-order valence-electron chi connectivity index (χ2n) is 4.89. The van der Waals surface area contributed by atoms with Crippen molar-refractivity contribution < 1.29 is 4.79 Å². The number of rotatable bonds is 5. The van der Waals surface area contributed by atoms with E-state index in [0.29, 0.717) is 5.41 Å². The number of carbonyl (C=O) groups excluding carboxylic acids is 1. The summed E-state index contributed by atoms with van der Waals surface area (Å²) in [6, 6.07) is 0. The largest absolute Gasteiger partial charge is 0.356 e. The van der Waals surface area contributed by atoms with Crippen molar-refractivity contribution in [2.75, 3.05) is 6.54 Å². The molecule has 1 amide bonds. The molecule has 2 heteroatoms. The van der Waals surface area contributed by atoms with Crippen LogP contribution >= 0.6 is 0 Å². The molecule has 1 rings (SSSR count). The maximum atomic E-state index is 11.5. The third-order valence-electron chi connectivity index (χ3n) is 3.61. The van der Waals surface area contributed by atoms with Crippen molar-refractivity contribution in [2.24, 2.45) is 11.3 Å². The summed E-state index contributed by atoms with van der Waals surface area (Å²) in [7, 11) is 0. The molecule has 0 aromatic rings. The van der Waals surface area contributed by atoms with Crippen LogP contribution in [-0.2, 0) is 4.79 Å². The Kier molecular flexibility index (Phi) is 3.97. The lowest BCUT2D eigenvalue weighted by Gasteiger charge is -2.29. The molecule has 2 unspecified atom stereocenters. The molecule has 0 radical (unpaired) electrons. The Bertz CT molecular complexity index is 202. The minimum absolute atomic E-state index is 0.278. The molecule has 0 aromatic heterocycles. The third-order valence-corrected chi connectivity index (χ3v) is 3.61. The van der Waals surface area contributed by atoms with Gasteiger partial charge >= 0.3 is 0 Å². The molecule has 1 aliphatic heterocycles. The van der Waals surface area contributed by atoms with Crippen molar-refractivity contribution in [1.29, 1.82) is 0 Å². The van der Waals surface area contributed by atoms with Gasteiger partial charge in [-0.25, -0.2) is 0 Å². The van der Waals surface area contributed by atoms with E-state index in [-0.39, 0.29) is 11.8 Å². The molecule has 1 aliphatic rings. The molecule has 1 fully saturated rings. The van der Waals surface area contributed by atoms with Gasteiger partial charge in [0.05, 0.1) is 0 Å². The molecule has 1 N–H and O–H groups in total. The molecule has 1 heterocycles. The zero-order chi connectivity index (χ0) is 10.6. The van der Waals surface area contributed by atoms with Crippen LogP contribution in [0, 0.1) is 11.3 Å². The highest BCUT2D eigenvalue weighted by Crippen LogP contribution is 2.36. The van der Waals surface area contributed by atoms with Gasteiger partial charge in [0.1, 0.15) is 0 Å². The summed E-state index contributed by atoms with van der Waals surface area (Å²) in [6.07, 6.45) is 5.76. The molecule has 1 saturated heterocycles. The molecule has 2 nitrogen and oxygen atoms in total. The van der Waals surface area contributed by atoms with Gasteiger partial charge in [-0.3, -0.25) is 4.79 Å². The fourth-order valence-corrected chi connectivity index (χ4v) is 2.46. The first-order chi connectivity index (χ1) is 6.61. The van der Waals surface area contributed by atoms with E-state index in [1.807, 2.05) is 0 Å². The second kappa shape index (κ2) is 4.81. The zero-order valence-corrected chi connectivity index (χ0v) is 9.73. The van der Waals surface area contributed by atoms with E-state index in [1.165, 1.54) is 19.3 Å². The van der Waals surface area contributed by atoms with Gasteiger partial charge in [0, 0.05) is 12.5 Å². The smallest absolute Gasteiger partial charge is 0.223 e. The maximum absolute atomic E-state index is 11.5. The van der Waals surface area contributed by atoms with Crippen LogP contribution < -0.4 is 5.32 Å². The Hall–Kier alpha value is -0.530. The Morgan fingerprint density at radius 1 is 1.50 bits per heavy atom. The van der Waals surface area contributed by atoms with Gasteiger partial charge in [-0.1, -0.05) is 33.6 Å². The first-order valence-electron chi connectivity index (χ1n) is 5.89. The minimum Gasteiger partial charge on any atom is -0.356 e. The Labute approximate surface area is 87.5 Å². The Morgan fingerprint density at radius 3 is 2.64 bits per heavy atom. The predicted molar refractivity (Wildman–Crippen MR) is 59.0 cm³/mol. The van der Waals surface area contributed by atoms with E-state index in [9.17, 15) is 4.79 Å². The van der Waals surface area contributed by atoms with E-state index in [4.69, 9.17) is 0 Å². The number of amides is 1. The van der Waals surface area contributed by atoms with E-state index in [1.54, 1.807) is 0 Å². The van der Waals surface area contributed by atoms with Gasteiger partial charge < -0.3 is 5.32 Å². The SMILES string of the molecule is CCCC(C)(CC)CC1CCNC1=O. The second-order valence-corrected chi connectivity index (χ2v) is 4.89. The summed E-state index contributed by atoms with van der Waals surface area (Å²) >= 11 is 0. The average molecular weight is 197 g/mol. The van der Waals surface area contributed by atoms with E-state index in [2.05, 4.69) is 26.1 Å². The molecule has 0 aromatic carbocycles. The summed E-state index contributed by atoms with van der Waals surface area (Å²) in [5.74, 6) is 0.562. The first kappa shape index (κ1) is 11.5. The van der Waals surface area contributed by atoms with Crippen LogP contribution in [0.4, 0.5) is 0 Å². The summed E-state index contributed by atoms with van der Waals surface area (Å²) in [5, 5.41) is 2.92. The van der Waals surface area contributed by atoms with E-state index < -0.39 is 0 Å². The van der Waals surface area contributed by atoms with Gasteiger partial charge in [-0.2, -0.15) is 0 Å². The highest BCUT2D eigenvalue weighted by molar-refractivity contribution is 5.80. The third kappa shape index (κ3) is 2.73. The van der Waals surface area contributed by atoms with Crippen LogP contribution in [0.3, 0.4) is 0 Å². The Balaban J connectivity index is 2.50. The van der Waals surface area contributed by atoms with Crippen LogP contribution in [0.1, 0.15) is 52.9 Å². The normalized spacial score (nSPS) is 25.9. The van der Waals surface area contributed by atoms with Gasteiger partial charge in [0.25, 0.3) is 0 Å².